The number of aliphatic carboxylic acids is 1. The van der Waals surface area contributed by atoms with Gasteiger partial charge in [-0.3, -0.25) is 4.79 Å². The summed E-state index contributed by atoms with van der Waals surface area (Å²) in [7, 11) is 0. The van der Waals surface area contributed by atoms with Gasteiger partial charge in [-0.1, -0.05) is 0 Å². The number of carboxylic acid groups (broad SMARTS) is 1. The zero-order chi connectivity index (χ0) is 10.1. The van der Waals surface area contributed by atoms with Gasteiger partial charge >= 0.3 is 5.97 Å². The molecule has 1 N–H and O–H groups in total. The van der Waals surface area contributed by atoms with Crippen LogP contribution in [-0.2, 0) is 11.2 Å². The lowest BCUT2D eigenvalue weighted by atomic mass is 10.2. The number of carboxylic acids is 1. The van der Waals surface area contributed by atoms with Crippen LogP contribution in [0.5, 0.6) is 0 Å². The van der Waals surface area contributed by atoms with Crippen molar-refractivity contribution in [1.29, 1.82) is 0 Å². The molecule has 76 valence electrons. The first-order valence-electron chi connectivity index (χ1n) is 4.85. The van der Waals surface area contributed by atoms with Gasteiger partial charge in [-0.25, -0.2) is 4.98 Å². The standard InChI is InChI=1S/C10H13NO2S/c1-6-11-10(7-2-3-7)8(14-6)4-5-9(12)13/h7H,2-5H2,1H3,(H,12,13). The molecule has 0 atom stereocenters. The van der Waals surface area contributed by atoms with E-state index in [1.165, 1.54) is 23.4 Å². The summed E-state index contributed by atoms with van der Waals surface area (Å²) >= 11 is 1.65. The van der Waals surface area contributed by atoms with Crippen LogP contribution in [0.4, 0.5) is 0 Å². The van der Waals surface area contributed by atoms with Gasteiger partial charge in [0.2, 0.25) is 0 Å². The van der Waals surface area contributed by atoms with E-state index in [1.807, 2.05) is 6.92 Å². The smallest absolute Gasteiger partial charge is 0.303 e. The van der Waals surface area contributed by atoms with Crippen molar-refractivity contribution in [2.75, 3.05) is 0 Å². The van der Waals surface area contributed by atoms with Crippen LogP contribution in [0.15, 0.2) is 0 Å². The van der Waals surface area contributed by atoms with Gasteiger partial charge in [0, 0.05) is 10.8 Å². The topological polar surface area (TPSA) is 50.2 Å². The van der Waals surface area contributed by atoms with Crippen molar-refractivity contribution in [2.45, 2.75) is 38.5 Å². The molecule has 1 fully saturated rings. The Hall–Kier alpha value is -0.900. The SMILES string of the molecule is Cc1nc(C2CC2)c(CCC(=O)O)s1. The number of aryl methyl sites for hydroxylation is 2. The van der Waals surface area contributed by atoms with Crippen LogP contribution >= 0.6 is 11.3 Å². The third-order valence-electron chi connectivity index (χ3n) is 2.36. The summed E-state index contributed by atoms with van der Waals surface area (Å²) in [4.78, 5) is 16.1. The van der Waals surface area contributed by atoms with Gasteiger partial charge in [0.1, 0.15) is 0 Å². The van der Waals surface area contributed by atoms with E-state index < -0.39 is 5.97 Å². The number of thiazole rings is 1. The van der Waals surface area contributed by atoms with E-state index in [4.69, 9.17) is 5.11 Å². The third kappa shape index (κ3) is 2.12. The molecular weight excluding hydrogens is 198 g/mol. The Labute approximate surface area is 86.8 Å². The summed E-state index contributed by atoms with van der Waals surface area (Å²) in [6.45, 7) is 1.99. The summed E-state index contributed by atoms with van der Waals surface area (Å²) in [5, 5.41) is 9.67. The van der Waals surface area contributed by atoms with Gasteiger partial charge < -0.3 is 5.11 Å². The molecule has 0 aliphatic heterocycles. The Balaban J connectivity index is 2.10. The molecule has 1 saturated carbocycles. The average Bonchev–Trinajstić information content (AvgIpc) is 2.87. The lowest BCUT2D eigenvalue weighted by molar-refractivity contribution is -0.136. The number of hydrogen-bond donors (Lipinski definition) is 1. The quantitative estimate of drug-likeness (QED) is 0.831. The molecule has 1 aromatic heterocycles. The van der Waals surface area contributed by atoms with E-state index in [1.54, 1.807) is 11.3 Å². The molecule has 0 bridgehead atoms. The van der Waals surface area contributed by atoms with Crippen LogP contribution in [0.3, 0.4) is 0 Å². The zero-order valence-electron chi connectivity index (χ0n) is 8.12. The van der Waals surface area contributed by atoms with Gasteiger partial charge in [-0.05, 0) is 26.2 Å². The van der Waals surface area contributed by atoms with Gasteiger partial charge in [0.15, 0.2) is 0 Å². The molecule has 1 aromatic rings. The molecule has 4 heteroatoms. The molecular formula is C10H13NO2S. The molecule has 0 radical (unpaired) electrons. The molecule has 14 heavy (non-hydrogen) atoms. The maximum Gasteiger partial charge on any atom is 0.303 e. The van der Waals surface area contributed by atoms with Crippen molar-refractivity contribution in [3.8, 4) is 0 Å². The normalized spacial score (nSPS) is 15.8. The van der Waals surface area contributed by atoms with Crippen molar-refractivity contribution in [3.05, 3.63) is 15.6 Å². The van der Waals surface area contributed by atoms with E-state index in [0.29, 0.717) is 12.3 Å². The number of nitrogens with zero attached hydrogens (tertiary/aromatic N) is 1. The molecule has 1 aliphatic rings. The highest BCUT2D eigenvalue weighted by atomic mass is 32.1. The Morgan fingerprint density at radius 2 is 2.36 bits per heavy atom. The minimum Gasteiger partial charge on any atom is -0.481 e. The summed E-state index contributed by atoms with van der Waals surface area (Å²) in [6, 6.07) is 0. The maximum atomic E-state index is 10.5. The van der Waals surface area contributed by atoms with Gasteiger partial charge in [-0.15, -0.1) is 11.3 Å². The lowest BCUT2D eigenvalue weighted by Crippen LogP contribution is -1.98. The molecule has 3 nitrogen and oxygen atoms in total. The van der Waals surface area contributed by atoms with Crippen molar-refractivity contribution >= 4 is 17.3 Å². The first kappa shape index (κ1) is 9.65. The average molecular weight is 211 g/mol. The number of rotatable bonds is 4. The van der Waals surface area contributed by atoms with Crippen molar-refractivity contribution in [3.63, 3.8) is 0 Å². The Kier molecular flexibility index (Phi) is 2.54. The minimum atomic E-state index is -0.724. The van der Waals surface area contributed by atoms with Crippen LogP contribution in [0.1, 0.15) is 40.8 Å². The Morgan fingerprint density at radius 3 is 2.93 bits per heavy atom. The molecule has 0 saturated heterocycles. The Bertz CT molecular complexity index is 355. The van der Waals surface area contributed by atoms with E-state index in [9.17, 15) is 4.79 Å². The molecule has 0 amide bonds. The van der Waals surface area contributed by atoms with Crippen molar-refractivity contribution in [2.24, 2.45) is 0 Å². The zero-order valence-corrected chi connectivity index (χ0v) is 8.93. The molecule has 0 aromatic carbocycles. The molecule has 0 unspecified atom stereocenters. The van der Waals surface area contributed by atoms with Crippen molar-refractivity contribution < 1.29 is 9.90 Å². The van der Waals surface area contributed by atoms with E-state index in [0.717, 1.165) is 5.01 Å². The van der Waals surface area contributed by atoms with Gasteiger partial charge in [-0.2, -0.15) is 0 Å². The Morgan fingerprint density at radius 1 is 1.64 bits per heavy atom. The fraction of sp³-hybridized carbons (Fsp3) is 0.600. The van der Waals surface area contributed by atoms with Crippen LogP contribution in [0.2, 0.25) is 0 Å². The third-order valence-corrected chi connectivity index (χ3v) is 3.41. The van der Waals surface area contributed by atoms with Crippen LogP contribution in [-0.4, -0.2) is 16.1 Å². The number of hydrogen-bond acceptors (Lipinski definition) is 3. The minimum absolute atomic E-state index is 0.224. The van der Waals surface area contributed by atoms with E-state index >= 15 is 0 Å². The molecule has 1 heterocycles. The van der Waals surface area contributed by atoms with Gasteiger partial charge in [0.05, 0.1) is 17.1 Å². The van der Waals surface area contributed by atoms with Crippen LogP contribution in [0, 0.1) is 6.92 Å². The molecule has 0 spiro atoms. The second-order valence-corrected chi connectivity index (χ2v) is 5.00. The second kappa shape index (κ2) is 3.69. The molecule has 1 aliphatic carbocycles. The highest BCUT2D eigenvalue weighted by Crippen LogP contribution is 2.42. The summed E-state index contributed by atoms with van der Waals surface area (Å²) in [5.41, 5.74) is 1.17. The largest absolute Gasteiger partial charge is 0.481 e. The summed E-state index contributed by atoms with van der Waals surface area (Å²) < 4.78 is 0. The monoisotopic (exact) mass is 211 g/mol. The predicted octanol–water partition coefficient (Wildman–Crippen LogP) is 2.35. The second-order valence-electron chi connectivity index (χ2n) is 3.71. The van der Waals surface area contributed by atoms with E-state index in [2.05, 4.69) is 4.98 Å². The van der Waals surface area contributed by atoms with Crippen LogP contribution < -0.4 is 0 Å². The number of aromatic nitrogens is 1. The first-order chi connectivity index (χ1) is 6.66. The summed E-state index contributed by atoms with van der Waals surface area (Å²) in [6.07, 6.45) is 3.32. The lowest BCUT2D eigenvalue weighted by Gasteiger charge is -1.97. The maximum absolute atomic E-state index is 10.5. The fourth-order valence-corrected chi connectivity index (χ4v) is 2.58. The highest BCUT2D eigenvalue weighted by molar-refractivity contribution is 7.11. The van der Waals surface area contributed by atoms with E-state index in [-0.39, 0.29) is 6.42 Å². The summed E-state index contributed by atoms with van der Waals surface area (Å²) in [5.74, 6) is -0.0958. The number of carbonyl (C=O) groups is 1. The highest BCUT2D eigenvalue weighted by Gasteiger charge is 2.28. The fourth-order valence-electron chi connectivity index (χ4n) is 1.56. The van der Waals surface area contributed by atoms with Crippen LogP contribution in [0.25, 0.3) is 0 Å². The first-order valence-corrected chi connectivity index (χ1v) is 5.66. The van der Waals surface area contributed by atoms with Crippen molar-refractivity contribution in [1.82, 2.24) is 4.98 Å². The van der Waals surface area contributed by atoms with Gasteiger partial charge in [0.25, 0.3) is 0 Å². The predicted molar refractivity (Wildman–Crippen MR) is 54.8 cm³/mol. The molecule has 2 rings (SSSR count).